The second-order valence-electron chi connectivity index (χ2n) is 4.43. The summed E-state index contributed by atoms with van der Waals surface area (Å²) in [6.45, 7) is 3.69. The summed E-state index contributed by atoms with van der Waals surface area (Å²) in [6, 6.07) is 4.65. The molecule has 6 heteroatoms. The zero-order valence-electron chi connectivity index (χ0n) is 12.5. The molecule has 0 aromatic heterocycles. The van der Waals surface area contributed by atoms with Gasteiger partial charge in [-0.2, -0.15) is 0 Å². The van der Waals surface area contributed by atoms with Crippen LogP contribution in [0.1, 0.15) is 38.4 Å². The molecule has 0 aliphatic carbocycles. The van der Waals surface area contributed by atoms with Gasteiger partial charge in [-0.05, 0) is 24.7 Å². The van der Waals surface area contributed by atoms with E-state index >= 15 is 0 Å². The van der Waals surface area contributed by atoms with Crippen LogP contribution in [0.3, 0.4) is 0 Å². The highest BCUT2D eigenvalue weighted by Gasteiger charge is 2.16. The average Bonchev–Trinajstić information content (AvgIpc) is 2.48. The van der Waals surface area contributed by atoms with Crippen molar-refractivity contribution in [2.24, 2.45) is 0 Å². The Morgan fingerprint density at radius 2 is 1.71 bits per heavy atom. The number of hydrogen-bond acceptors (Lipinski definition) is 6. The van der Waals surface area contributed by atoms with E-state index in [0.29, 0.717) is 12.1 Å². The van der Waals surface area contributed by atoms with Crippen molar-refractivity contribution in [3.8, 4) is 11.5 Å². The molecular formula is C15H21NO5. The van der Waals surface area contributed by atoms with Gasteiger partial charge in [-0.15, -0.1) is 0 Å². The van der Waals surface area contributed by atoms with E-state index in [2.05, 4.69) is 5.32 Å². The van der Waals surface area contributed by atoms with Gasteiger partial charge in [-0.1, -0.05) is 19.9 Å². The van der Waals surface area contributed by atoms with Gasteiger partial charge in [0.1, 0.15) is 0 Å². The fourth-order valence-corrected chi connectivity index (χ4v) is 1.60. The van der Waals surface area contributed by atoms with Crippen molar-refractivity contribution in [3.63, 3.8) is 0 Å². The maximum Gasteiger partial charge on any atom is 0.311 e. The number of aliphatic hydroxyl groups is 1. The third kappa shape index (κ3) is 5.17. The van der Waals surface area contributed by atoms with Gasteiger partial charge in [-0.3, -0.25) is 9.59 Å². The molecule has 1 atom stereocenters. The number of aliphatic hydroxyl groups excluding tert-OH is 1. The molecule has 0 saturated carbocycles. The zero-order valence-corrected chi connectivity index (χ0v) is 12.5. The number of ether oxygens (including phenoxy) is 2. The Morgan fingerprint density at radius 3 is 2.24 bits per heavy atom. The normalized spacial score (nSPS) is 11.8. The van der Waals surface area contributed by atoms with Crippen molar-refractivity contribution in [1.29, 1.82) is 0 Å². The molecule has 116 valence electrons. The molecule has 0 fully saturated rings. The molecule has 0 radical (unpaired) electrons. The van der Waals surface area contributed by atoms with E-state index < -0.39 is 18.0 Å². The van der Waals surface area contributed by atoms with Gasteiger partial charge >= 0.3 is 11.9 Å². The van der Waals surface area contributed by atoms with Crippen molar-refractivity contribution in [1.82, 2.24) is 5.32 Å². The molecular weight excluding hydrogens is 274 g/mol. The van der Waals surface area contributed by atoms with Crippen molar-refractivity contribution in [3.05, 3.63) is 23.8 Å². The highest BCUT2D eigenvalue weighted by molar-refractivity contribution is 5.76. The maximum atomic E-state index is 11.5. The number of esters is 2. The van der Waals surface area contributed by atoms with E-state index in [4.69, 9.17) is 9.47 Å². The number of rotatable bonds is 7. The highest BCUT2D eigenvalue weighted by Crippen LogP contribution is 2.31. The lowest BCUT2D eigenvalue weighted by Gasteiger charge is -2.14. The Kier molecular flexibility index (Phi) is 6.84. The van der Waals surface area contributed by atoms with Crippen molar-refractivity contribution >= 4 is 11.9 Å². The summed E-state index contributed by atoms with van der Waals surface area (Å²) in [4.78, 5) is 22.8. The van der Waals surface area contributed by atoms with Crippen LogP contribution in [-0.4, -0.2) is 30.6 Å². The summed E-state index contributed by atoms with van der Waals surface area (Å²) in [7, 11) is 1.72. The molecule has 0 spiro atoms. The van der Waals surface area contributed by atoms with Crippen LogP contribution in [0, 0.1) is 0 Å². The number of hydrogen-bond donors (Lipinski definition) is 2. The van der Waals surface area contributed by atoms with E-state index in [9.17, 15) is 14.7 Å². The molecule has 1 rings (SSSR count). The molecule has 0 saturated heterocycles. The number of benzene rings is 1. The fourth-order valence-electron chi connectivity index (χ4n) is 1.60. The first-order valence-corrected chi connectivity index (χ1v) is 6.89. The van der Waals surface area contributed by atoms with E-state index in [1.165, 1.54) is 12.1 Å². The van der Waals surface area contributed by atoms with Crippen LogP contribution in [0.25, 0.3) is 0 Å². The second-order valence-corrected chi connectivity index (χ2v) is 4.43. The van der Waals surface area contributed by atoms with Crippen molar-refractivity contribution in [2.45, 2.75) is 32.8 Å². The smallest absolute Gasteiger partial charge is 0.311 e. The van der Waals surface area contributed by atoms with Gasteiger partial charge in [0, 0.05) is 19.4 Å². The monoisotopic (exact) mass is 295 g/mol. The molecule has 1 aromatic rings. The molecule has 0 heterocycles. The Labute approximate surface area is 124 Å². The van der Waals surface area contributed by atoms with E-state index in [1.54, 1.807) is 27.0 Å². The van der Waals surface area contributed by atoms with Gasteiger partial charge in [0.25, 0.3) is 0 Å². The van der Waals surface area contributed by atoms with Gasteiger partial charge in [0.2, 0.25) is 0 Å². The maximum absolute atomic E-state index is 11.5. The summed E-state index contributed by atoms with van der Waals surface area (Å²) < 4.78 is 10.3. The topological polar surface area (TPSA) is 84.9 Å². The molecule has 0 aliphatic rings. The predicted molar refractivity (Wildman–Crippen MR) is 77.2 cm³/mol. The third-order valence-electron chi connectivity index (χ3n) is 2.77. The first-order chi connectivity index (χ1) is 10.0. The minimum Gasteiger partial charge on any atom is -0.423 e. The summed E-state index contributed by atoms with van der Waals surface area (Å²) in [6.07, 6.45) is -0.333. The predicted octanol–water partition coefficient (Wildman–Crippen LogP) is 1.57. The average molecular weight is 295 g/mol. The van der Waals surface area contributed by atoms with E-state index in [0.717, 1.165) is 0 Å². The lowest BCUT2D eigenvalue weighted by molar-refractivity contribution is -0.136. The minimum absolute atomic E-state index is 0.135. The lowest BCUT2D eigenvalue weighted by atomic mass is 10.1. The van der Waals surface area contributed by atoms with Crippen LogP contribution in [0.5, 0.6) is 11.5 Å². The molecule has 1 unspecified atom stereocenters. The molecule has 21 heavy (non-hydrogen) atoms. The van der Waals surface area contributed by atoms with E-state index in [-0.39, 0.29) is 24.3 Å². The first-order valence-electron chi connectivity index (χ1n) is 6.89. The second kappa shape index (κ2) is 8.39. The number of carbonyl (C=O) groups excluding carboxylic acids is 2. The molecule has 2 N–H and O–H groups in total. The van der Waals surface area contributed by atoms with Gasteiger partial charge in [-0.25, -0.2) is 0 Å². The summed E-state index contributed by atoms with van der Waals surface area (Å²) in [5, 5.41) is 12.8. The molecule has 6 nitrogen and oxygen atoms in total. The van der Waals surface area contributed by atoms with Gasteiger partial charge in [0.15, 0.2) is 11.5 Å². The van der Waals surface area contributed by atoms with Crippen LogP contribution >= 0.6 is 0 Å². The van der Waals surface area contributed by atoms with Gasteiger partial charge < -0.3 is 19.9 Å². The SMILES string of the molecule is CCC(=O)Oc1ccc(C(O)CNC)cc1OC(=O)CC. The summed E-state index contributed by atoms with van der Waals surface area (Å²) in [5.41, 5.74) is 0.569. The van der Waals surface area contributed by atoms with Gasteiger partial charge in [0.05, 0.1) is 6.10 Å². The molecule has 0 amide bonds. The Hall–Kier alpha value is -1.92. The number of likely N-dealkylation sites (N-methyl/N-ethyl adjacent to an activating group) is 1. The summed E-state index contributed by atoms with van der Waals surface area (Å²) in [5.74, 6) is -0.559. The number of carbonyl (C=O) groups is 2. The largest absolute Gasteiger partial charge is 0.423 e. The quantitative estimate of drug-likeness (QED) is 0.587. The third-order valence-corrected chi connectivity index (χ3v) is 2.77. The standard InChI is InChI=1S/C15H21NO5/c1-4-14(18)20-12-7-6-10(11(17)9-16-3)8-13(12)21-15(19)5-2/h6-8,11,16-17H,4-5,9H2,1-3H3. The van der Waals surface area contributed by atoms with Crippen molar-refractivity contribution in [2.75, 3.05) is 13.6 Å². The summed E-state index contributed by atoms with van der Waals surface area (Å²) >= 11 is 0. The van der Waals surface area contributed by atoms with Crippen LogP contribution in [0.15, 0.2) is 18.2 Å². The molecule has 0 bridgehead atoms. The molecule has 0 aliphatic heterocycles. The van der Waals surface area contributed by atoms with Crippen LogP contribution in [0.4, 0.5) is 0 Å². The van der Waals surface area contributed by atoms with Crippen LogP contribution < -0.4 is 14.8 Å². The minimum atomic E-state index is -0.745. The molecule has 1 aromatic carbocycles. The zero-order chi connectivity index (χ0) is 15.8. The Bertz CT molecular complexity index is 501. The van der Waals surface area contributed by atoms with Crippen molar-refractivity contribution < 1.29 is 24.2 Å². The Balaban J connectivity index is 3.06. The van der Waals surface area contributed by atoms with E-state index in [1.807, 2.05) is 0 Å². The highest BCUT2D eigenvalue weighted by atomic mass is 16.6. The first kappa shape index (κ1) is 17.1. The van der Waals surface area contributed by atoms with Crippen LogP contribution in [-0.2, 0) is 9.59 Å². The Morgan fingerprint density at radius 1 is 1.14 bits per heavy atom. The lowest BCUT2D eigenvalue weighted by Crippen LogP contribution is -2.17. The van der Waals surface area contributed by atoms with Crippen LogP contribution in [0.2, 0.25) is 0 Å². The fraction of sp³-hybridized carbons (Fsp3) is 0.467. The number of nitrogens with one attached hydrogen (secondary N) is 1.